The van der Waals surface area contributed by atoms with Crippen LogP contribution in [-0.2, 0) is 10.1 Å². The lowest BCUT2D eigenvalue weighted by Gasteiger charge is -1.94. The molecule has 4 heteroatoms. The zero-order chi connectivity index (χ0) is 10.9. The first kappa shape index (κ1) is 13.7. The Morgan fingerprint density at radius 2 is 1.71 bits per heavy atom. The maximum Gasteiger partial charge on any atom is 0.265 e. The maximum absolute atomic E-state index is 10.3. The Morgan fingerprint density at radius 1 is 1.07 bits per heavy atom. The maximum atomic E-state index is 10.3. The fourth-order valence-corrected chi connectivity index (χ4v) is 1.58. The van der Waals surface area contributed by atoms with Gasteiger partial charge in [0.25, 0.3) is 10.1 Å². The first-order valence-corrected chi connectivity index (χ1v) is 6.77. The molecular weight excluding hydrogens is 200 g/mol. The number of unbranched alkanes of at least 4 members (excludes halogenated alkanes) is 4. The molecule has 0 aromatic carbocycles. The van der Waals surface area contributed by atoms with Crippen molar-refractivity contribution in [3.63, 3.8) is 0 Å². The number of hydrogen-bond donors (Lipinski definition) is 1. The monoisotopic (exact) mass is 220 g/mol. The van der Waals surface area contributed by atoms with Crippen LogP contribution >= 0.6 is 0 Å². The Hall–Kier alpha value is -0.350. The lowest BCUT2D eigenvalue weighted by Crippen LogP contribution is -2.01. The van der Waals surface area contributed by atoms with Gasteiger partial charge in [0, 0.05) is 0 Å². The molecule has 0 radical (unpaired) electrons. The third-order valence-corrected chi connectivity index (χ3v) is 2.69. The van der Waals surface area contributed by atoms with E-state index >= 15 is 0 Å². The molecule has 0 unspecified atom stereocenters. The smallest absolute Gasteiger partial charge is 0.265 e. The van der Waals surface area contributed by atoms with Crippen molar-refractivity contribution in [2.75, 3.05) is 5.75 Å². The van der Waals surface area contributed by atoms with Gasteiger partial charge in [0.1, 0.15) is 0 Å². The molecular formula is C10H20O3S. The molecule has 0 saturated carbocycles. The highest BCUT2D eigenvalue weighted by molar-refractivity contribution is 7.85. The van der Waals surface area contributed by atoms with Crippen LogP contribution in [0.4, 0.5) is 0 Å². The summed E-state index contributed by atoms with van der Waals surface area (Å²) in [6.07, 6.45) is 10.1. The van der Waals surface area contributed by atoms with Crippen molar-refractivity contribution >= 4 is 10.1 Å². The molecule has 0 rings (SSSR count). The first-order chi connectivity index (χ1) is 6.56. The highest BCUT2D eigenvalue weighted by Gasteiger charge is 2.00. The van der Waals surface area contributed by atoms with E-state index in [0.717, 1.165) is 12.8 Å². The Morgan fingerprint density at radius 3 is 2.29 bits per heavy atom. The Bertz CT molecular complexity index is 242. The number of allylic oxidation sites excluding steroid dienone is 2. The summed E-state index contributed by atoms with van der Waals surface area (Å²) in [6, 6.07) is 0. The van der Waals surface area contributed by atoms with Crippen molar-refractivity contribution in [3.05, 3.63) is 12.2 Å². The molecule has 3 nitrogen and oxygen atoms in total. The van der Waals surface area contributed by atoms with Gasteiger partial charge in [-0.1, -0.05) is 38.3 Å². The molecule has 0 amide bonds. The van der Waals surface area contributed by atoms with Crippen molar-refractivity contribution in [1.82, 2.24) is 0 Å². The van der Waals surface area contributed by atoms with Crippen molar-refractivity contribution in [2.24, 2.45) is 0 Å². The fraction of sp³-hybridized carbons (Fsp3) is 0.800. The second kappa shape index (κ2) is 8.00. The summed E-state index contributed by atoms with van der Waals surface area (Å²) >= 11 is 0. The zero-order valence-corrected chi connectivity index (χ0v) is 9.59. The molecule has 14 heavy (non-hydrogen) atoms. The van der Waals surface area contributed by atoms with Crippen LogP contribution in [0, 0.1) is 0 Å². The first-order valence-electron chi connectivity index (χ1n) is 5.16. The minimum absolute atomic E-state index is 0.168. The van der Waals surface area contributed by atoms with Gasteiger partial charge in [0.05, 0.1) is 5.75 Å². The third kappa shape index (κ3) is 11.6. The highest BCUT2D eigenvalue weighted by Crippen LogP contribution is 2.03. The normalized spacial score (nSPS) is 12.4. The Kier molecular flexibility index (Phi) is 7.80. The van der Waals surface area contributed by atoms with Crippen molar-refractivity contribution < 1.29 is 13.0 Å². The van der Waals surface area contributed by atoms with E-state index in [2.05, 4.69) is 6.92 Å². The van der Waals surface area contributed by atoms with Gasteiger partial charge in [-0.05, 0) is 19.3 Å². The average molecular weight is 220 g/mol. The predicted octanol–water partition coefficient (Wildman–Crippen LogP) is 2.79. The largest absolute Gasteiger partial charge is 0.286 e. The van der Waals surface area contributed by atoms with Gasteiger partial charge in [0.15, 0.2) is 0 Å². The summed E-state index contributed by atoms with van der Waals surface area (Å²) in [5, 5.41) is 0. The van der Waals surface area contributed by atoms with Gasteiger partial charge in [-0.25, -0.2) is 0 Å². The molecule has 0 atom stereocenters. The van der Waals surface area contributed by atoms with Gasteiger partial charge in [-0.15, -0.1) is 0 Å². The SMILES string of the molecule is CCCCCC/C=C/CCS(=O)(=O)O. The third-order valence-electron chi connectivity index (χ3n) is 1.93. The Labute approximate surface area is 87.0 Å². The van der Waals surface area contributed by atoms with Crippen LogP contribution in [0.1, 0.15) is 45.4 Å². The molecule has 0 bridgehead atoms. The van der Waals surface area contributed by atoms with Gasteiger partial charge in [0.2, 0.25) is 0 Å². The van der Waals surface area contributed by atoms with E-state index in [1.165, 1.54) is 19.3 Å². The van der Waals surface area contributed by atoms with E-state index < -0.39 is 10.1 Å². The van der Waals surface area contributed by atoms with Gasteiger partial charge >= 0.3 is 0 Å². The second-order valence-electron chi connectivity index (χ2n) is 3.40. The van der Waals surface area contributed by atoms with Crippen LogP contribution in [0.5, 0.6) is 0 Å². The van der Waals surface area contributed by atoms with Crippen LogP contribution in [0.3, 0.4) is 0 Å². The molecule has 1 N–H and O–H groups in total. The molecule has 0 saturated heterocycles. The summed E-state index contributed by atoms with van der Waals surface area (Å²) in [5.74, 6) is -0.168. The summed E-state index contributed by atoms with van der Waals surface area (Å²) in [5.41, 5.74) is 0. The lowest BCUT2D eigenvalue weighted by molar-refractivity contribution is 0.483. The summed E-state index contributed by atoms with van der Waals surface area (Å²) in [4.78, 5) is 0. The molecule has 0 spiro atoms. The van der Waals surface area contributed by atoms with Crippen LogP contribution in [0.15, 0.2) is 12.2 Å². The number of rotatable bonds is 8. The van der Waals surface area contributed by atoms with E-state index in [-0.39, 0.29) is 5.75 Å². The molecule has 0 aromatic heterocycles. The molecule has 0 aliphatic heterocycles. The zero-order valence-electron chi connectivity index (χ0n) is 8.78. The minimum Gasteiger partial charge on any atom is -0.286 e. The summed E-state index contributed by atoms with van der Waals surface area (Å²) in [6.45, 7) is 2.17. The van der Waals surface area contributed by atoms with Crippen molar-refractivity contribution in [2.45, 2.75) is 45.4 Å². The molecule has 0 heterocycles. The van der Waals surface area contributed by atoms with E-state index in [0.29, 0.717) is 6.42 Å². The highest BCUT2D eigenvalue weighted by atomic mass is 32.2. The van der Waals surface area contributed by atoms with E-state index in [1.807, 2.05) is 12.2 Å². The standard InChI is InChI=1S/C10H20O3S/c1-2-3-4-5-6-7-8-9-10-14(11,12)13/h7-8H,2-6,9-10H2,1H3,(H,11,12,13)/b8-7+. The molecule has 0 aliphatic carbocycles. The lowest BCUT2D eigenvalue weighted by atomic mass is 10.1. The summed E-state index contributed by atoms with van der Waals surface area (Å²) < 4.78 is 29.1. The van der Waals surface area contributed by atoms with Crippen LogP contribution in [-0.4, -0.2) is 18.7 Å². The van der Waals surface area contributed by atoms with Crippen LogP contribution in [0.2, 0.25) is 0 Å². The second-order valence-corrected chi connectivity index (χ2v) is 4.97. The van der Waals surface area contributed by atoms with Gasteiger partial charge in [-0.2, -0.15) is 8.42 Å². The van der Waals surface area contributed by atoms with E-state index in [1.54, 1.807) is 0 Å². The quantitative estimate of drug-likeness (QED) is 0.389. The van der Waals surface area contributed by atoms with Gasteiger partial charge < -0.3 is 0 Å². The van der Waals surface area contributed by atoms with E-state index in [9.17, 15) is 8.42 Å². The van der Waals surface area contributed by atoms with Crippen LogP contribution in [0.25, 0.3) is 0 Å². The Balaban J connectivity index is 3.28. The molecule has 84 valence electrons. The number of hydrogen-bond acceptors (Lipinski definition) is 2. The average Bonchev–Trinajstić information content (AvgIpc) is 2.08. The predicted molar refractivity (Wildman–Crippen MR) is 58.9 cm³/mol. The topological polar surface area (TPSA) is 54.4 Å². The molecule has 0 fully saturated rings. The van der Waals surface area contributed by atoms with Crippen molar-refractivity contribution in [3.8, 4) is 0 Å². The fourth-order valence-electron chi connectivity index (χ4n) is 1.14. The van der Waals surface area contributed by atoms with Gasteiger partial charge in [-0.3, -0.25) is 4.55 Å². The van der Waals surface area contributed by atoms with Crippen LogP contribution < -0.4 is 0 Å². The summed E-state index contributed by atoms with van der Waals surface area (Å²) in [7, 11) is -3.78. The van der Waals surface area contributed by atoms with Crippen molar-refractivity contribution in [1.29, 1.82) is 0 Å². The molecule has 0 aromatic rings. The van der Waals surface area contributed by atoms with E-state index in [4.69, 9.17) is 4.55 Å². The minimum atomic E-state index is -3.78. The molecule has 0 aliphatic rings.